The number of benzene rings is 1. The average Bonchev–Trinajstić information content (AvgIpc) is 3.11. The topological polar surface area (TPSA) is 67.2 Å². The lowest BCUT2D eigenvalue weighted by Crippen LogP contribution is -2.49. The van der Waals surface area contributed by atoms with E-state index < -0.39 is 0 Å². The molecule has 1 unspecified atom stereocenters. The van der Waals surface area contributed by atoms with Gasteiger partial charge in [0.15, 0.2) is 0 Å². The quantitative estimate of drug-likeness (QED) is 0.866. The van der Waals surface area contributed by atoms with Gasteiger partial charge in [0.25, 0.3) is 0 Å². The Bertz CT molecular complexity index is 741. The van der Waals surface area contributed by atoms with E-state index in [9.17, 15) is 9.59 Å². The van der Waals surface area contributed by atoms with Crippen LogP contribution in [0.15, 0.2) is 42.7 Å². The van der Waals surface area contributed by atoms with Crippen molar-refractivity contribution in [2.24, 2.45) is 0 Å². The molecule has 1 aromatic heterocycles. The van der Waals surface area contributed by atoms with Gasteiger partial charge in [-0.3, -0.25) is 9.59 Å². The van der Waals surface area contributed by atoms with Crippen LogP contribution in [0.3, 0.4) is 0 Å². The summed E-state index contributed by atoms with van der Waals surface area (Å²) < 4.78 is 1.78. The lowest BCUT2D eigenvalue weighted by molar-refractivity contribution is -0.133. The first-order chi connectivity index (χ1) is 12.7. The van der Waals surface area contributed by atoms with Gasteiger partial charge in [-0.2, -0.15) is 5.10 Å². The second-order valence-electron chi connectivity index (χ2n) is 6.80. The van der Waals surface area contributed by atoms with Crippen molar-refractivity contribution in [1.82, 2.24) is 20.0 Å². The first kappa shape index (κ1) is 18.2. The number of nitrogens with zero attached hydrogens (tertiary/aromatic N) is 3. The highest BCUT2D eigenvalue weighted by Gasteiger charge is 2.24. The highest BCUT2D eigenvalue weighted by atomic mass is 16.2. The predicted octanol–water partition coefficient (Wildman–Crippen LogP) is 2.32. The number of nitrogens with one attached hydrogen (secondary N) is 1. The average molecular weight is 354 g/mol. The molecular formula is C20H26N4O2. The number of rotatable bonds is 6. The van der Waals surface area contributed by atoms with Crippen LogP contribution in [0.4, 0.5) is 0 Å². The fourth-order valence-electron chi connectivity index (χ4n) is 3.31. The number of carbonyl (C=O) groups is 2. The molecule has 0 radical (unpaired) electrons. The minimum Gasteiger partial charge on any atom is -0.352 e. The standard InChI is InChI=1S/C20H26N4O2/c1-2-7-19(25)22-17-8-6-11-23(15-17)20(26)12-16-13-21-24(14-16)18-9-4-3-5-10-18/h3-5,9-10,13-14,17H,2,6-8,11-12,15H2,1H3,(H,22,25). The van der Waals surface area contributed by atoms with Crippen LogP contribution in [0.1, 0.15) is 38.2 Å². The van der Waals surface area contributed by atoms with Gasteiger partial charge in [0.1, 0.15) is 0 Å². The van der Waals surface area contributed by atoms with Gasteiger partial charge in [0.2, 0.25) is 11.8 Å². The second kappa shape index (κ2) is 8.65. The Morgan fingerprint density at radius 3 is 2.85 bits per heavy atom. The number of piperidine rings is 1. The first-order valence-corrected chi connectivity index (χ1v) is 9.32. The van der Waals surface area contributed by atoms with Crippen molar-refractivity contribution in [2.45, 2.75) is 45.1 Å². The maximum Gasteiger partial charge on any atom is 0.227 e. The molecule has 138 valence electrons. The first-order valence-electron chi connectivity index (χ1n) is 9.32. The number of likely N-dealkylation sites (tertiary alicyclic amines) is 1. The van der Waals surface area contributed by atoms with Crippen molar-refractivity contribution >= 4 is 11.8 Å². The second-order valence-corrected chi connectivity index (χ2v) is 6.80. The summed E-state index contributed by atoms with van der Waals surface area (Å²) in [7, 11) is 0. The summed E-state index contributed by atoms with van der Waals surface area (Å²) in [5.74, 6) is 0.169. The monoisotopic (exact) mass is 354 g/mol. The van der Waals surface area contributed by atoms with E-state index in [0.717, 1.165) is 37.1 Å². The molecular weight excluding hydrogens is 328 g/mol. The van der Waals surface area contributed by atoms with Crippen molar-refractivity contribution in [3.8, 4) is 5.69 Å². The molecule has 0 aliphatic carbocycles. The number of amides is 2. The lowest BCUT2D eigenvalue weighted by atomic mass is 10.0. The molecule has 1 N–H and O–H groups in total. The molecule has 3 rings (SSSR count). The van der Waals surface area contributed by atoms with E-state index >= 15 is 0 Å². The van der Waals surface area contributed by atoms with Gasteiger partial charge in [0.05, 0.1) is 18.3 Å². The Kier molecular flexibility index (Phi) is 6.04. The number of para-hydroxylation sites is 1. The summed E-state index contributed by atoms with van der Waals surface area (Å²) in [5, 5.41) is 7.39. The molecule has 26 heavy (non-hydrogen) atoms. The van der Waals surface area contributed by atoms with Crippen LogP contribution in [0.5, 0.6) is 0 Å². The van der Waals surface area contributed by atoms with Crippen LogP contribution in [0.2, 0.25) is 0 Å². The van der Waals surface area contributed by atoms with Gasteiger partial charge in [-0.05, 0) is 37.0 Å². The van der Waals surface area contributed by atoms with Crippen molar-refractivity contribution in [3.63, 3.8) is 0 Å². The van der Waals surface area contributed by atoms with E-state index in [2.05, 4.69) is 10.4 Å². The minimum atomic E-state index is 0.0683. The fraction of sp³-hybridized carbons (Fsp3) is 0.450. The Hall–Kier alpha value is -2.63. The van der Waals surface area contributed by atoms with Crippen LogP contribution in [0.25, 0.3) is 5.69 Å². The third kappa shape index (κ3) is 4.71. The highest BCUT2D eigenvalue weighted by molar-refractivity contribution is 5.79. The zero-order valence-electron chi connectivity index (χ0n) is 15.2. The molecule has 1 aromatic carbocycles. The van der Waals surface area contributed by atoms with Gasteiger partial charge in [-0.1, -0.05) is 25.1 Å². The van der Waals surface area contributed by atoms with Crippen molar-refractivity contribution in [1.29, 1.82) is 0 Å². The molecule has 1 saturated heterocycles. The third-order valence-corrected chi connectivity index (χ3v) is 4.63. The molecule has 0 saturated carbocycles. The molecule has 0 bridgehead atoms. The molecule has 2 amide bonds. The van der Waals surface area contributed by atoms with Crippen LogP contribution < -0.4 is 5.32 Å². The van der Waals surface area contributed by atoms with Crippen LogP contribution in [-0.4, -0.2) is 45.6 Å². The third-order valence-electron chi connectivity index (χ3n) is 4.63. The minimum absolute atomic E-state index is 0.0683. The SMILES string of the molecule is CCCC(=O)NC1CCCN(C(=O)Cc2cnn(-c3ccccc3)c2)C1. The Labute approximate surface area is 154 Å². The molecule has 1 aliphatic heterocycles. The van der Waals surface area contributed by atoms with E-state index in [0.29, 0.717) is 19.4 Å². The molecule has 1 atom stereocenters. The Morgan fingerprint density at radius 2 is 2.08 bits per heavy atom. The van der Waals surface area contributed by atoms with Crippen LogP contribution in [0, 0.1) is 0 Å². The summed E-state index contributed by atoms with van der Waals surface area (Å²) in [6.45, 7) is 3.35. The number of hydrogen-bond donors (Lipinski definition) is 1. The lowest BCUT2D eigenvalue weighted by Gasteiger charge is -2.33. The molecule has 6 nitrogen and oxygen atoms in total. The van der Waals surface area contributed by atoms with Gasteiger partial charge >= 0.3 is 0 Å². The summed E-state index contributed by atoms with van der Waals surface area (Å²) in [4.78, 5) is 26.3. The van der Waals surface area contributed by atoms with E-state index in [4.69, 9.17) is 0 Å². The van der Waals surface area contributed by atoms with Gasteiger partial charge < -0.3 is 10.2 Å². The maximum absolute atomic E-state index is 12.6. The molecule has 6 heteroatoms. The number of hydrogen-bond acceptors (Lipinski definition) is 3. The maximum atomic E-state index is 12.6. The van der Waals surface area contributed by atoms with Gasteiger partial charge in [0, 0.05) is 31.7 Å². The zero-order chi connectivity index (χ0) is 18.4. The molecule has 0 spiro atoms. The Morgan fingerprint density at radius 1 is 1.27 bits per heavy atom. The largest absolute Gasteiger partial charge is 0.352 e. The summed E-state index contributed by atoms with van der Waals surface area (Å²) >= 11 is 0. The van der Waals surface area contributed by atoms with Gasteiger partial charge in [-0.15, -0.1) is 0 Å². The van der Waals surface area contributed by atoms with Crippen LogP contribution >= 0.6 is 0 Å². The fourth-order valence-corrected chi connectivity index (χ4v) is 3.31. The summed E-state index contributed by atoms with van der Waals surface area (Å²) in [6.07, 6.45) is 7.22. The zero-order valence-corrected chi connectivity index (χ0v) is 15.2. The molecule has 2 aromatic rings. The summed E-state index contributed by atoms with van der Waals surface area (Å²) in [5.41, 5.74) is 1.87. The smallest absolute Gasteiger partial charge is 0.227 e. The number of carbonyl (C=O) groups excluding carboxylic acids is 2. The van der Waals surface area contributed by atoms with E-state index in [1.54, 1.807) is 10.9 Å². The molecule has 1 aliphatic rings. The van der Waals surface area contributed by atoms with Crippen molar-refractivity contribution < 1.29 is 9.59 Å². The van der Waals surface area contributed by atoms with E-state index in [1.165, 1.54) is 0 Å². The number of aromatic nitrogens is 2. The van der Waals surface area contributed by atoms with Crippen molar-refractivity contribution in [2.75, 3.05) is 13.1 Å². The molecule has 1 fully saturated rings. The van der Waals surface area contributed by atoms with E-state index in [-0.39, 0.29) is 17.9 Å². The van der Waals surface area contributed by atoms with Crippen molar-refractivity contribution in [3.05, 3.63) is 48.3 Å². The normalized spacial score (nSPS) is 17.1. The predicted molar refractivity (Wildman–Crippen MR) is 99.9 cm³/mol. The highest BCUT2D eigenvalue weighted by Crippen LogP contribution is 2.14. The van der Waals surface area contributed by atoms with Gasteiger partial charge in [-0.25, -0.2) is 4.68 Å². The molecule has 2 heterocycles. The van der Waals surface area contributed by atoms with E-state index in [1.807, 2.05) is 48.4 Å². The Balaban J connectivity index is 1.56. The van der Waals surface area contributed by atoms with Crippen LogP contribution in [-0.2, 0) is 16.0 Å². The summed E-state index contributed by atoms with van der Waals surface area (Å²) in [6, 6.07) is 9.91.